The van der Waals surface area contributed by atoms with Crippen molar-refractivity contribution in [3.63, 3.8) is 0 Å². The number of rotatable bonds is 2. The summed E-state index contributed by atoms with van der Waals surface area (Å²) in [6.07, 6.45) is 1.96. The van der Waals surface area contributed by atoms with E-state index < -0.39 is 11.1 Å². The van der Waals surface area contributed by atoms with Gasteiger partial charge in [0, 0.05) is 4.90 Å². The van der Waals surface area contributed by atoms with Crippen LogP contribution in [0.2, 0.25) is 0 Å². The van der Waals surface area contributed by atoms with Gasteiger partial charge in [0.05, 0.1) is 4.90 Å². The summed E-state index contributed by atoms with van der Waals surface area (Å²) in [5.41, 5.74) is 0. The Morgan fingerprint density at radius 1 is 1.33 bits per heavy atom. The van der Waals surface area contributed by atoms with E-state index in [1.54, 1.807) is 23.9 Å². The van der Waals surface area contributed by atoms with Crippen LogP contribution in [0.3, 0.4) is 0 Å². The predicted octanol–water partition coefficient (Wildman–Crippen LogP) is 1.34. The number of thioether (sulfide) groups is 1. The zero-order valence-corrected chi connectivity index (χ0v) is 7.61. The summed E-state index contributed by atoms with van der Waals surface area (Å²) in [6.45, 7) is 0. The van der Waals surface area contributed by atoms with Crippen molar-refractivity contribution in [2.24, 2.45) is 0 Å². The second kappa shape index (κ2) is 6.72. The van der Waals surface area contributed by atoms with Crippen LogP contribution in [0.25, 0.3) is 0 Å². The molecule has 0 aliphatic rings. The van der Waals surface area contributed by atoms with Gasteiger partial charge in [-0.2, -0.15) is 0 Å². The molecule has 1 rings (SSSR count). The second-order valence-electron chi connectivity index (χ2n) is 1.92. The molecule has 0 fully saturated rings. The van der Waals surface area contributed by atoms with E-state index in [2.05, 4.69) is 0 Å². The summed E-state index contributed by atoms with van der Waals surface area (Å²) in [5, 5.41) is 0. The van der Waals surface area contributed by atoms with E-state index in [-0.39, 0.29) is 51.4 Å². The molecule has 0 saturated carbocycles. The summed E-state index contributed by atoms with van der Waals surface area (Å²) < 4.78 is 19.2. The van der Waals surface area contributed by atoms with Crippen LogP contribution in [-0.2, 0) is 11.1 Å². The summed E-state index contributed by atoms with van der Waals surface area (Å²) in [4.78, 5) is 1.54. The van der Waals surface area contributed by atoms with Crippen molar-refractivity contribution >= 4 is 74.2 Å². The Kier molecular flexibility index (Phi) is 7.46. The molecule has 0 aliphatic heterocycles. The van der Waals surface area contributed by atoms with Crippen LogP contribution in [0, 0.1) is 0 Å². The Morgan fingerprint density at radius 3 is 2.17 bits per heavy atom. The molecule has 1 unspecified atom stereocenters. The molecule has 0 aromatic heterocycles. The quantitative estimate of drug-likeness (QED) is 0.471. The van der Waals surface area contributed by atoms with E-state index in [9.17, 15) is 4.21 Å². The topological polar surface area (TPSA) is 37.3 Å². The molecule has 0 saturated heterocycles. The van der Waals surface area contributed by atoms with Crippen LogP contribution in [0.5, 0.6) is 0 Å². The van der Waals surface area contributed by atoms with Gasteiger partial charge < -0.3 is 4.55 Å². The fourth-order valence-corrected chi connectivity index (χ4v) is 1.47. The molecule has 2 nitrogen and oxygen atoms in total. The van der Waals surface area contributed by atoms with Crippen molar-refractivity contribution in [1.29, 1.82) is 0 Å². The average Bonchev–Trinajstić information content (AvgIpc) is 2.05. The van der Waals surface area contributed by atoms with Gasteiger partial charge in [0.2, 0.25) is 0 Å². The molecule has 0 amide bonds. The first kappa shape index (κ1) is 13.3. The van der Waals surface area contributed by atoms with Gasteiger partial charge in [0.25, 0.3) is 0 Å². The van der Waals surface area contributed by atoms with E-state index in [1.807, 2.05) is 18.4 Å². The molecule has 1 aromatic rings. The van der Waals surface area contributed by atoms with Crippen molar-refractivity contribution in [2.45, 2.75) is 9.79 Å². The van der Waals surface area contributed by atoms with Crippen LogP contribution in [0.4, 0.5) is 0 Å². The molecule has 0 spiro atoms. The van der Waals surface area contributed by atoms with Crippen LogP contribution in [0.15, 0.2) is 34.1 Å². The molecule has 1 atom stereocenters. The minimum absolute atomic E-state index is 0. The van der Waals surface area contributed by atoms with Crippen molar-refractivity contribution in [3.05, 3.63) is 24.3 Å². The molecule has 1 aromatic carbocycles. The normalized spacial score (nSPS) is 11.8. The van der Waals surface area contributed by atoms with Gasteiger partial charge in [-0.05, 0) is 30.5 Å². The molecule has 62 valence electrons. The molecule has 0 bridgehead atoms. The first-order valence-electron chi connectivity index (χ1n) is 2.99. The van der Waals surface area contributed by atoms with Gasteiger partial charge >= 0.3 is 51.4 Å². The third-order valence-corrected chi connectivity index (χ3v) is 2.68. The van der Waals surface area contributed by atoms with Crippen molar-refractivity contribution < 1.29 is 8.76 Å². The van der Waals surface area contributed by atoms with Gasteiger partial charge in [0.1, 0.15) is 0 Å². The summed E-state index contributed by atoms with van der Waals surface area (Å²) in [6, 6.07) is 6.96. The van der Waals surface area contributed by atoms with Gasteiger partial charge in [0.15, 0.2) is 11.1 Å². The standard InChI is InChI=1S/C7H8O2S2.K.H/c1-10-6-2-4-7(5-3-6)11(8)9;;/h2-5H,1H3,(H,8,9);;. The molecule has 1 N–H and O–H groups in total. The maximum absolute atomic E-state index is 10.5. The third kappa shape index (κ3) is 4.02. The zero-order chi connectivity index (χ0) is 8.27. The predicted molar refractivity (Wildman–Crippen MR) is 54.4 cm³/mol. The van der Waals surface area contributed by atoms with Gasteiger partial charge in [-0.3, -0.25) is 0 Å². The summed E-state index contributed by atoms with van der Waals surface area (Å²) in [5.74, 6) is 0. The Labute approximate surface area is 121 Å². The van der Waals surface area contributed by atoms with E-state index in [0.717, 1.165) is 4.90 Å². The molecule has 0 radical (unpaired) electrons. The first-order valence-corrected chi connectivity index (χ1v) is 5.32. The van der Waals surface area contributed by atoms with Crippen LogP contribution in [0.1, 0.15) is 0 Å². The van der Waals surface area contributed by atoms with Crippen molar-refractivity contribution in [3.8, 4) is 0 Å². The molecular formula is C7H9KO2S2. The Balaban J connectivity index is 0.00000121. The van der Waals surface area contributed by atoms with Gasteiger partial charge in [-0.25, -0.2) is 4.21 Å². The van der Waals surface area contributed by atoms with Crippen molar-refractivity contribution in [2.75, 3.05) is 6.26 Å². The number of benzene rings is 1. The Bertz CT molecular complexity index is 261. The summed E-state index contributed by atoms with van der Waals surface area (Å²) >= 11 is -0.240. The fraction of sp³-hybridized carbons (Fsp3) is 0.143. The monoisotopic (exact) mass is 228 g/mol. The second-order valence-corrected chi connectivity index (χ2v) is 3.77. The van der Waals surface area contributed by atoms with Crippen LogP contribution >= 0.6 is 11.8 Å². The van der Waals surface area contributed by atoms with Gasteiger partial charge in [-0.15, -0.1) is 11.8 Å². The van der Waals surface area contributed by atoms with E-state index >= 15 is 0 Å². The van der Waals surface area contributed by atoms with E-state index in [4.69, 9.17) is 4.55 Å². The molecule has 5 heteroatoms. The molecular weight excluding hydrogens is 219 g/mol. The minimum atomic E-state index is -1.85. The van der Waals surface area contributed by atoms with E-state index in [1.165, 1.54) is 0 Å². The number of hydrogen-bond donors (Lipinski definition) is 1. The first-order chi connectivity index (χ1) is 5.24. The average molecular weight is 228 g/mol. The fourth-order valence-electron chi connectivity index (χ4n) is 0.692. The third-order valence-electron chi connectivity index (χ3n) is 1.26. The molecule has 12 heavy (non-hydrogen) atoms. The van der Waals surface area contributed by atoms with E-state index in [0.29, 0.717) is 4.90 Å². The van der Waals surface area contributed by atoms with Crippen LogP contribution in [-0.4, -0.2) is 66.4 Å². The van der Waals surface area contributed by atoms with Gasteiger partial charge in [-0.1, -0.05) is 0 Å². The molecule has 0 heterocycles. The Morgan fingerprint density at radius 2 is 1.83 bits per heavy atom. The number of hydrogen-bond acceptors (Lipinski definition) is 2. The SMILES string of the molecule is CSc1ccc(S(=O)O)cc1.[KH]. The maximum atomic E-state index is 10.5. The molecule has 0 aliphatic carbocycles. The zero-order valence-electron chi connectivity index (χ0n) is 5.98. The van der Waals surface area contributed by atoms with Crippen LogP contribution < -0.4 is 0 Å². The summed E-state index contributed by atoms with van der Waals surface area (Å²) in [7, 11) is 0. The van der Waals surface area contributed by atoms with Crippen molar-refractivity contribution in [1.82, 2.24) is 0 Å². The Hall–Kier alpha value is 1.32.